The summed E-state index contributed by atoms with van der Waals surface area (Å²) < 4.78 is 299. The Morgan fingerprint density at radius 3 is 0.520 bits per heavy atom. The van der Waals surface area contributed by atoms with Crippen LogP contribution in [0.25, 0.3) is 0 Å². The Morgan fingerprint density at radius 2 is 0.400 bits per heavy atom. The van der Waals surface area contributed by atoms with Gasteiger partial charge in [-0.2, -0.15) is 0 Å². The average Bonchev–Trinajstić information content (AvgIpc) is 3.69. The average molecular weight is 749 g/mol. The third-order valence-electron chi connectivity index (χ3n) is 7.30. The highest BCUT2D eigenvalue weighted by Gasteiger charge is 2.52. The van der Waals surface area contributed by atoms with Crippen LogP contribution in [-0.2, 0) is 4.74 Å². The Balaban J connectivity index is 0.00000103. The standard InChI is InChI=1S/C24BF20.C4H6O/c26-5-1(6(27)14(35)21(42)13(5)34)25(2-7(28)15(36)22(43)16(37)8(2)29,3-9(30)17(38)23(44)18(39)10(3)31)4-11(32)19(40)24(45)20(41)12(4)33;1-2-4-5-3-1/h;1-2H,3-4H2/q-1;. The predicted molar refractivity (Wildman–Crippen MR) is 129 cm³/mol. The van der Waals surface area contributed by atoms with E-state index in [1.165, 1.54) is 0 Å². The summed E-state index contributed by atoms with van der Waals surface area (Å²) >= 11 is 0. The fourth-order valence-electron chi connectivity index (χ4n) is 5.21. The lowest BCUT2D eigenvalue weighted by Crippen LogP contribution is -2.81. The Bertz CT molecular complexity index is 1710. The smallest absolute Gasteiger partial charge is 0.200 e. The first kappa shape index (κ1) is 38.1. The Hall–Kier alpha value is -4.76. The molecule has 0 fully saturated rings. The number of rotatable bonds is 4. The van der Waals surface area contributed by atoms with Crippen LogP contribution < -0.4 is 21.9 Å². The second kappa shape index (κ2) is 13.5. The van der Waals surface area contributed by atoms with Crippen LogP contribution in [0.3, 0.4) is 0 Å². The number of ether oxygens (including phenoxy) is 1. The molecule has 0 unspecified atom stereocenters. The van der Waals surface area contributed by atoms with Crippen molar-refractivity contribution in [3.8, 4) is 0 Å². The van der Waals surface area contributed by atoms with Crippen molar-refractivity contribution in [3.63, 3.8) is 0 Å². The zero-order valence-electron chi connectivity index (χ0n) is 23.1. The normalized spacial score (nSPS) is 12.9. The SMILES string of the molecule is C1=CCOC1.Fc1c(F)c(F)c([B-](c2c(F)c(F)c(F)c(F)c2F)(c2c(F)c(F)c(F)c(F)c2F)c2c(F)c(F)c(F)c(F)c2F)c(F)c1F. The zero-order chi connectivity index (χ0) is 37.9. The van der Waals surface area contributed by atoms with Crippen LogP contribution in [0.5, 0.6) is 0 Å². The first-order chi connectivity index (χ1) is 23.2. The maximum atomic E-state index is 15.4. The van der Waals surface area contributed by atoms with Crippen molar-refractivity contribution >= 4 is 28.0 Å². The van der Waals surface area contributed by atoms with Gasteiger partial charge in [0.1, 0.15) is 52.7 Å². The minimum Gasteiger partial charge on any atom is -0.373 e. The van der Waals surface area contributed by atoms with Gasteiger partial charge in [0.15, 0.2) is 69.8 Å². The van der Waals surface area contributed by atoms with Crippen molar-refractivity contribution in [3.05, 3.63) is 128 Å². The summed E-state index contributed by atoms with van der Waals surface area (Å²) in [5.74, 6) is -71.4. The van der Waals surface area contributed by atoms with Gasteiger partial charge in [-0.25, -0.2) is 87.8 Å². The molecule has 268 valence electrons. The second-order valence-electron chi connectivity index (χ2n) is 9.81. The van der Waals surface area contributed by atoms with Crippen LogP contribution >= 0.6 is 0 Å². The lowest BCUT2D eigenvalue weighted by Gasteiger charge is -2.44. The van der Waals surface area contributed by atoms with Crippen LogP contribution in [0, 0.1) is 116 Å². The van der Waals surface area contributed by atoms with Crippen LogP contribution in [0.2, 0.25) is 0 Å². The third-order valence-corrected chi connectivity index (χ3v) is 7.30. The van der Waals surface area contributed by atoms with Crippen LogP contribution in [0.15, 0.2) is 12.2 Å². The summed E-state index contributed by atoms with van der Waals surface area (Å²) in [6, 6.07) is 0. The van der Waals surface area contributed by atoms with Gasteiger partial charge in [0.2, 0.25) is 0 Å². The fraction of sp³-hybridized carbons (Fsp3) is 0.0714. The molecule has 0 aliphatic carbocycles. The molecule has 0 aromatic heterocycles. The van der Waals surface area contributed by atoms with Crippen molar-refractivity contribution in [2.45, 2.75) is 0 Å². The Morgan fingerprint density at radius 1 is 0.260 bits per heavy atom. The van der Waals surface area contributed by atoms with Crippen molar-refractivity contribution < 1.29 is 92.5 Å². The molecule has 5 rings (SSSR count). The highest BCUT2D eigenvalue weighted by atomic mass is 19.2. The summed E-state index contributed by atoms with van der Waals surface area (Å²) in [5, 5.41) is 0. The number of benzene rings is 4. The number of hydrogen-bond acceptors (Lipinski definition) is 1. The maximum absolute atomic E-state index is 15.4. The maximum Gasteiger partial charge on any atom is 0.200 e. The molecule has 1 heterocycles. The summed E-state index contributed by atoms with van der Waals surface area (Å²) in [4.78, 5) is 0. The largest absolute Gasteiger partial charge is 0.373 e. The van der Waals surface area contributed by atoms with E-state index in [2.05, 4.69) is 0 Å². The molecule has 1 nitrogen and oxygen atoms in total. The lowest BCUT2D eigenvalue weighted by molar-refractivity contribution is 0.213. The van der Waals surface area contributed by atoms with Crippen molar-refractivity contribution in [1.29, 1.82) is 0 Å². The molecule has 1 aliphatic heterocycles. The van der Waals surface area contributed by atoms with Crippen molar-refractivity contribution in [2.24, 2.45) is 0 Å². The van der Waals surface area contributed by atoms with Crippen LogP contribution in [0.4, 0.5) is 87.8 Å². The molecule has 0 amide bonds. The lowest BCUT2D eigenvalue weighted by atomic mass is 9.12. The Kier molecular flexibility index (Phi) is 10.3. The minimum absolute atomic E-state index is 0.819. The summed E-state index contributed by atoms with van der Waals surface area (Å²) in [5.41, 5.74) is -14.3. The summed E-state index contributed by atoms with van der Waals surface area (Å²) in [6.07, 6.45) is -3.19. The van der Waals surface area contributed by atoms with E-state index in [0.29, 0.717) is 0 Å². The van der Waals surface area contributed by atoms with E-state index >= 15 is 35.1 Å². The van der Waals surface area contributed by atoms with Gasteiger partial charge in [-0.3, -0.25) is 0 Å². The summed E-state index contributed by atoms with van der Waals surface area (Å²) in [6.45, 7) is 1.64. The molecule has 0 atom stereocenters. The van der Waals surface area contributed by atoms with Gasteiger partial charge < -0.3 is 4.74 Å². The van der Waals surface area contributed by atoms with Gasteiger partial charge >= 0.3 is 0 Å². The van der Waals surface area contributed by atoms with Crippen molar-refractivity contribution in [2.75, 3.05) is 13.2 Å². The molecule has 0 saturated carbocycles. The van der Waals surface area contributed by atoms with E-state index in [4.69, 9.17) is 4.74 Å². The van der Waals surface area contributed by atoms with Crippen LogP contribution in [0.1, 0.15) is 0 Å². The molecule has 0 radical (unpaired) electrons. The minimum atomic E-state index is -7.22. The monoisotopic (exact) mass is 749 g/mol. The predicted octanol–water partition coefficient (Wildman–Crippen LogP) is 6.42. The van der Waals surface area contributed by atoms with E-state index in [-0.39, 0.29) is 0 Å². The molecule has 0 spiro atoms. The van der Waals surface area contributed by atoms with E-state index in [1.54, 1.807) is 0 Å². The molecular weight excluding hydrogens is 743 g/mol. The van der Waals surface area contributed by atoms with Gasteiger partial charge in [0, 0.05) is 0 Å². The summed E-state index contributed by atoms with van der Waals surface area (Å²) in [7, 11) is 0. The van der Waals surface area contributed by atoms with E-state index in [9.17, 15) is 52.7 Å². The molecule has 1 aliphatic rings. The molecular formula is C28H6BF20O-. The van der Waals surface area contributed by atoms with Crippen molar-refractivity contribution in [1.82, 2.24) is 0 Å². The molecule has 4 aromatic rings. The van der Waals surface area contributed by atoms with Gasteiger partial charge in [0.25, 0.3) is 0 Å². The first-order valence-electron chi connectivity index (χ1n) is 12.7. The van der Waals surface area contributed by atoms with E-state index in [0.717, 1.165) is 13.2 Å². The van der Waals surface area contributed by atoms with Crippen LogP contribution in [-0.4, -0.2) is 19.4 Å². The molecule has 22 heteroatoms. The number of hydrogen-bond donors (Lipinski definition) is 0. The number of halogens is 20. The zero-order valence-corrected chi connectivity index (χ0v) is 23.1. The quantitative estimate of drug-likeness (QED) is 0.0771. The molecule has 0 N–H and O–H groups in total. The highest BCUT2D eigenvalue weighted by molar-refractivity contribution is 7.20. The van der Waals surface area contributed by atoms with Gasteiger partial charge in [0.05, 0.1) is 13.2 Å². The van der Waals surface area contributed by atoms with E-state index in [1.807, 2.05) is 12.2 Å². The topological polar surface area (TPSA) is 9.23 Å². The molecule has 0 saturated heterocycles. The molecule has 4 aromatic carbocycles. The second-order valence-corrected chi connectivity index (χ2v) is 9.81. The molecule has 50 heavy (non-hydrogen) atoms. The van der Waals surface area contributed by atoms with Gasteiger partial charge in [-0.1, -0.05) is 12.2 Å². The highest BCUT2D eigenvalue weighted by Crippen LogP contribution is 2.30. The fourth-order valence-corrected chi connectivity index (χ4v) is 5.21. The molecule has 0 bridgehead atoms. The van der Waals surface area contributed by atoms with Gasteiger partial charge in [-0.15, -0.1) is 21.9 Å². The van der Waals surface area contributed by atoms with Gasteiger partial charge in [-0.05, 0) is 0 Å². The van der Waals surface area contributed by atoms with E-state index < -0.39 is 144 Å². The Labute approximate surface area is 262 Å². The first-order valence-corrected chi connectivity index (χ1v) is 12.7. The third kappa shape index (κ3) is 5.34.